The molecule has 0 saturated carbocycles. The van der Waals surface area contributed by atoms with E-state index in [0.29, 0.717) is 26.9 Å². The third-order valence-corrected chi connectivity index (χ3v) is 5.02. The first kappa shape index (κ1) is 20.1. The summed E-state index contributed by atoms with van der Waals surface area (Å²) in [5.74, 6) is -0.429. The van der Waals surface area contributed by atoms with Gasteiger partial charge in [-0.25, -0.2) is 9.20 Å². The normalized spacial score (nSPS) is 11.0. The molecule has 0 atom stereocenters. The van der Waals surface area contributed by atoms with Crippen LogP contribution in [0.2, 0.25) is 10.0 Å². The van der Waals surface area contributed by atoms with Gasteiger partial charge in [0.1, 0.15) is 18.4 Å². The Labute approximate surface area is 181 Å². The van der Waals surface area contributed by atoms with Gasteiger partial charge in [0, 0.05) is 21.3 Å². The van der Waals surface area contributed by atoms with Crippen molar-refractivity contribution in [3.05, 3.63) is 80.8 Å². The van der Waals surface area contributed by atoms with E-state index in [9.17, 15) is 9.59 Å². The summed E-state index contributed by atoms with van der Waals surface area (Å²) in [6.07, 6.45) is 2.35. The molecule has 0 bridgehead atoms. The molecular formula is C21H17Cl2N5O2. The molecule has 0 aliphatic carbocycles. The van der Waals surface area contributed by atoms with E-state index >= 15 is 0 Å². The predicted octanol–water partition coefficient (Wildman–Crippen LogP) is 4.07. The van der Waals surface area contributed by atoms with E-state index in [0.717, 1.165) is 16.7 Å². The maximum absolute atomic E-state index is 12.8. The van der Waals surface area contributed by atoms with Crippen LogP contribution in [0.3, 0.4) is 0 Å². The van der Waals surface area contributed by atoms with Crippen molar-refractivity contribution in [3.63, 3.8) is 0 Å². The van der Waals surface area contributed by atoms with Crippen molar-refractivity contribution in [2.45, 2.75) is 19.9 Å². The number of hydrogen-bond donors (Lipinski definition) is 1. The van der Waals surface area contributed by atoms with Crippen LogP contribution in [0.1, 0.15) is 12.5 Å². The number of rotatable bonds is 5. The Balaban J connectivity index is 1.58. The standard InChI is InChI=1S/C21H17Cl2N5O2/c1-2-13-3-5-14(6-4-13)18-10-19-21(30)27(24-12-28(19)26-18)11-20(29)25-17-8-15(22)7-16(23)9-17/h3-10,12H,2,11H2,1H3,(H,25,29). The predicted molar refractivity (Wildman–Crippen MR) is 117 cm³/mol. The summed E-state index contributed by atoms with van der Waals surface area (Å²) in [5, 5.41) is 11.9. The molecule has 0 saturated heterocycles. The first-order valence-electron chi connectivity index (χ1n) is 9.23. The quantitative estimate of drug-likeness (QED) is 0.506. The van der Waals surface area contributed by atoms with Crippen molar-refractivity contribution < 1.29 is 4.79 Å². The van der Waals surface area contributed by atoms with Crippen LogP contribution < -0.4 is 10.9 Å². The Morgan fingerprint density at radius 1 is 1.07 bits per heavy atom. The summed E-state index contributed by atoms with van der Waals surface area (Å²) in [6, 6.07) is 14.4. The summed E-state index contributed by atoms with van der Waals surface area (Å²) in [5.41, 5.74) is 3.14. The van der Waals surface area contributed by atoms with E-state index in [1.807, 2.05) is 24.3 Å². The lowest BCUT2D eigenvalue weighted by Gasteiger charge is -2.07. The number of carbonyl (C=O) groups is 1. The van der Waals surface area contributed by atoms with Gasteiger partial charge >= 0.3 is 0 Å². The summed E-state index contributed by atoms with van der Waals surface area (Å²) in [7, 11) is 0. The van der Waals surface area contributed by atoms with Crippen LogP contribution >= 0.6 is 23.2 Å². The Morgan fingerprint density at radius 3 is 2.43 bits per heavy atom. The summed E-state index contributed by atoms with van der Waals surface area (Å²) in [4.78, 5) is 25.1. The van der Waals surface area contributed by atoms with E-state index in [4.69, 9.17) is 23.2 Å². The van der Waals surface area contributed by atoms with Gasteiger partial charge in [0.05, 0.1) is 5.69 Å². The van der Waals surface area contributed by atoms with Crippen molar-refractivity contribution in [2.75, 3.05) is 5.32 Å². The number of hydrogen-bond acceptors (Lipinski definition) is 4. The molecule has 4 rings (SSSR count). The molecule has 1 N–H and O–H groups in total. The van der Waals surface area contributed by atoms with E-state index in [1.54, 1.807) is 24.3 Å². The smallest absolute Gasteiger partial charge is 0.293 e. The molecule has 152 valence electrons. The van der Waals surface area contributed by atoms with Crippen LogP contribution in [0.5, 0.6) is 0 Å². The lowest BCUT2D eigenvalue weighted by molar-refractivity contribution is -0.117. The van der Waals surface area contributed by atoms with Crippen LogP contribution in [0, 0.1) is 0 Å². The molecule has 0 aliphatic rings. The number of carbonyl (C=O) groups excluding carboxylic acids is 1. The Hall–Kier alpha value is -3.16. The third kappa shape index (κ3) is 4.22. The molecule has 0 radical (unpaired) electrons. The zero-order chi connectivity index (χ0) is 21.3. The molecule has 0 unspecified atom stereocenters. The highest BCUT2D eigenvalue weighted by Crippen LogP contribution is 2.22. The summed E-state index contributed by atoms with van der Waals surface area (Å²) in [6.45, 7) is 1.83. The van der Waals surface area contributed by atoms with Gasteiger partial charge in [0.2, 0.25) is 5.91 Å². The van der Waals surface area contributed by atoms with Gasteiger partial charge in [0.15, 0.2) is 0 Å². The zero-order valence-electron chi connectivity index (χ0n) is 16.0. The minimum atomic E-state index is -0.429. The second-order valence-corrected chi connectivity index (χ2v) is 7.58. The van der Waals surface area contributed by atoms with E-state index in [-0.39, 0.29) is 6.54 Å². The number of aromatic nitrogens is 4. The maximum atomic E-state index is 12.8. The van der Waals surface area contributed by atoms with Gasteiger partial charge in [-0.1, -0.05) is 54.4 Å². The second-order valence-electron chi connectivity index (χ2n) is 6.71. The van der Waals surface area contributed by atoms with Crippen molar-refractivity contribution in [1.29, 1.82) is 0 Å². The number of halogens is 2. The molecule has 2 aromatic heterocycles. The van der Waals surface area contributed by atoms with Crippen molar-refractivity contribution >= 4 is 40.3 Å². The SMILES string of the molecule is CCc1ccc(-c2cc3c(=O)n(CC(=O)Nc4cc(Cl)cc(Cl)c4)ncn3n2)cc1. The second kappa shape index (κ2) is 8.30. The van der Waals surface area contributed by atoms with Gasteiger partial charge in [-0.3, -0.25) is 9.59 Å². The third-order valence-electron chi connectivity index (χ3n) is 4.59. The number of anilines is 1. The lowest BCUT2D eigenvalue weighted by Crippen LogP contribution is -2.30. The molecule has 2 aromatic carbocycles. The van der Waals surface area contributed by atoms with Crippen molar-refractivity contribution in [1.82, 2.24) is 19.4 Å². The Bertz CT molecular complexity index is 1270. The van der Waals surface area contributed by atoms with Gasteiger partial charge in [-0.15, -0.1) is 0 Å². The van der Waals surface area contributed by atoms with Crippen LogP contribution in [-0.4, -0.2) is 25.3 Å². The maximum Gasteiger partial charge on any atom is 0.293 e. The first-order valence-corrected chi connectivity index (χ1v) is 9.99. The molecular weight excluding hydrogens is 425 g/mol. The van der Waals surface area contributed by atoms with Crippen LogP contribution in [0.25, 0.3) is 16.8 Å². The minimum absolute atomic E-state index is 0.259. The van der Waals surface area contributed by atoms with Crippen LogP contribution in [0.15, 0.2) is 59.7 Å². The number of amides is 1. The first-order chi connectivity index (χ1) is 14.4. The molecule has 0 aliphatic heterocycles. The number of nitrogens with zero attached hydrogens (tertiary/aromatic N) is 4. The van der Waals surface area contributed by atoms with E-state index in [2.05, 4.69) is 22.4 Å². The van der Waals surface area contributed by atoms with E-state index in [1.165, 1.54) is 16.4 Å². The number of benzene rings is 2. The molecule has 0 spiro atoms. The number of fused-ring (bicyclic) bond motifs is 1. The molecule has 2 heterocycles. The summed E-state index contributed by atoms with van der Waals surface area (Å²) < 4.78 is 2.50. The number of aryl methyl sites for hydroxylation is 1. The molecule has 1 amide bonds. The van der Waals surface area contributed by atoms with Gasteiger partial charge < -0.3 is 5.32 Å². The monoisotopic (exact) mass is 441 g/mol. The van der Waals surface area contributed by atoms with E-state index < -0.39 is 11.5 Å². The highest BCUT2D eigenvalue weighted by molar-refractivity contribution is 6.35. The molecule has 7 nitrogen and oxygen atoms in total. The van der Waals surface area contributed by atoms with Gasteiger partial charge in [0.25, 0.3) is 5.56 Å². The average Bonchev–Trinajstić information content (AvgIpc) is 3.14. The Kier molecular flexibility index (Phi) is 5.57. The fourth-order valence-electron chi connectivity index (χ4n) is 3.07. The molecule has 0 fully saturated rings. The fourth-order valence-corrected chi connectivity index (χ4v) is 3.59. The summed E-state index contributed by atoms with van der Waals surface area (Å²) >= 11 is 11.9. The molecule has 4 aromatic rings. The number of nitrogens with one attached hydrogen (secondary N) is 1. The van der Waals surface area contributed by atoms with Crippen LogP contribution in [0.4, 0.5) is 5.69 Å². The lowest BCUT2D eigenvalue weighted by atomic mass is 10.1. The van der Waals surface area contributed by atoms with Crippen molar-refractivity contribution in [2.24, 2.45) is 0 Å². The molecule has 30 heavy (non-hydrogen) atoms. The van der Waals surface area contributed by atoms with Gasteiger partial charge in [-0.2, -0.15) is 10.2 Å². The van der Waals surface area contributed by atoms with Crippen molar-refractivity contribution in [3.8, 4) is 11.3 Å². The Morgan fingerprint density at radius 2 is 1.77 bits per heavy atom. The topological polar surface area (TPSA) is 81.3 Å². The van der Waals surface area contributed by atoms with Crippen LogP contribution in [-0.2, 0) is 17.8 Å². The largest absolute Gasteiger partial charge is 0.324 e. The fraction of sp³-hybridized carbons (Fsp3) is 0.143. The average molecular weight is 442 g/mol. The molecule has 9 heteroatoms. The highest BCUT2D eigenvalue weighted by atomic mass is 35.5. The zero-order valence-corrected chi connectivity index (χ0v) is 17.5. The van der Waals surface area contributed by atoms with Gasteiger partial charge in [-0.05, 0) is 36.2 Å². The minimum Gasteiger partial charge on any atom is -0.324 e. The highest BCUT2D eigenvalue weighted by Gasteiger charge is 2.13.